The molecule has 2 heterocycles. The molecule has 0 spiro atoms. The molecule has 0 aliphatic carbocycles. The third-order valence-corrected chi connectivity index (χ3v) is 2.99. The minimum atomic E-state index is -0.356. The number of halogens is 1. The summed E-state index contributed by atoms with van der Waals surface area (Å²) in [7, 11) is 0. The van der Waals surface area contributed by atoms with Crippen molar-refractivity contribution in [2.24, 2.45) is 0 Å². The lowest BCUT2D eigenvalue weighted by atomic mass is 10.2. The van der Waals surface area contributed by atoms with Gasteiger partial charge in [-0.05, 0) is 12.1 Å². The van der Waals surface area contributed by atoms with E-state index >= 15 is 0 Å². The number of aromatic nitrogens is 2. The lowest BCUT2D eigenvalue weighted by Crippen LogP contribution is -2.39. The van der Waals surface area contributed by atoms with Crippen LogP contribution in [0.15, 0.2) is 28.8 Å². The quantitative estimate of drug-likeness (QED) is 0.907. The van der Waals surface area contributed by atoms with Crippen LogP contribution in [0, 0.1) is 5.82 Å². The molecular weight excluding hydrogens is 249 g/mol. The van der Waals surface area contributed by atoms with Crippen LogP contribution >= 0.6 is 0 Å². The van der Waals surface area contributed by atoms with Crippen molar-refractivity contribution in [3.8, 4) is 11.4 Å². The Balaban J connectivity index is 1.74. The second-order valence-electron chi connectivity index (χ2n) is 4.39. The molecule has 1 atom stereocenters. The van der Waals surface area contributed by atoms with E-state index in [1.807, 2.05) is 0 Å². The lowest BCUT2D eigenvalue weighted by Gasteiger charge is -2.21. The maximum absolute atomic E-state index is 13.6. The molecule has 3 rings (SSSR count). The molecule has 1 unspecified atom stereocenters. The minimum absolute atomic E-state index is 0.0303. The van der Waals surface area contributed by atoms with Gasteiger partial charge in [0.05, 0.1) is 24.7 Å². The molecule has 0 bridgehead atoms. The Hall–Kier alpha value is -1.79. The number of rotatable bonds is 3. The largest absolute Gasteiger partial charge is 0.375 e. The van der Waals surface area contributed by atoms with Crippen molar-refractivity contribution in [2.75, 3.05) is 19.7 Å². The first-order valence-corrected chi connectivity index (χ1v) is 6.23. The summed E-state index contributed by atoms with van der Waals surface area (Å²) in [5, 5.41) is 7.04. The molecule has 0 amide bonds. The molecule has 1 aromatic carbocycles. The third-order valence-electron chi connectivity index (χ3n) is 2.99. The third kappa shape index (κ3) is 2.80. The zero-order valence-electron chi connectivity index (χ0n) is 10.3. The predicted molar refractivity (Wildman–Crippen MR) is 66.0 cm³/mol. The highest BCUT2D eigenvalue weighted by atomic mass is 19.1. The van der Waals surface area contributed by atoms with Crippen LogP contribution in [-0.4, -0.2) is 35.9 Å². The maximum atomic E-state index is 13.6. The van der Waals surface area contributed by atoms with Gasteiger partial charge in [0.1, 0.15) is 5.82 Å². The second kappa shape index (κ2) is 5.46. The molecule has 1 aliphatic rings. The average Bonchev–Trinajstić information content (AvgIpc) is 2.89. The molecule has 0 radical (unpaired) electrons. The molecule has 6 heteroatoms. The first-order valence-electron chi connectivity index (χ1n) is 6.23. The van der Waals surface area contributed by atoms with E-state index < -0.39 is 0 Å². The van der Waals surface area contributed by atoms with Crippen LogP contribution in [0.3, 0.4) is 0 Å². The Morgan fingerprint density at radius 2 is 2.26 bits per heavy atom. The molecule has 100 valence electrons. The fourth-order valence-corrected chi connectivity index (χ4v) is 2.04. The van der Waals surface area contributed by atoms with Gasteiger partial charge in [0.15, 0.2) is 0 Å². The van der Waals surface area contributed by atoms with Crippen LogP contribution in [0.5, 0.6) is 0 Å². The molecule has 1 saturated heterocycles. The smallest absolute Gasteiger partial charge is 0.229 e. The fraction of sp³-hybridized carbons (Fsp3) is 0.385. The molecule has 5 nitrogen and oxygen atoms in total. The monoisotopic (exact) mass is 263 g/mol. The van der Waals surface area contributed by atoms with Crippen molar-refractivity contribution >= 4 is 0 Å². The topological polar surface area (TPSA) is 60.2 Å². The Labute approximate surface area is 109 Å². The SMILES string of the molecule is Fc1ccccc1-c1noc(CC2CNCCO2)n1. The van der Waals surface area contributed by atoms with Crippen molar-refractivity contribution < 1.29 is 13.7 Å². The predicted octanol–water partition coefficient (Wildman–Crippen LogP) is 1.41. The number of hydrogen-bond donors (Lipinski definition) is 1. The van der Waals surface area contributed by atoms with Gasteiger partial charge in [-0.1, -0.05) is 17.3 Å². The lowest BCUT2D eigenvalue weighted by molar-refractivity contribution is 0.0246. The molecule has 1 aliphatic heterocycles. The van der Waals surface area contributed by atoms with Crippen molar-refractivity contribution in [3.05, 3.63) is 36.0 Å². The molecular formula is C13H14FN3O2. The molecule has 0 saturated carbocycles. The van der Waals surface area contributed by atoms with Gasteiger partial charge in [-0.25, -0.2) is 4.39 Å². The van der Waals surface area contributed by atoms with Gasteiger partial charge in [-0.3, -0.25) is 0 Å². The first kappa shape index (κ1) is 12.3. The van der Waals surface area contributed by atoms with Crippen LogP contribution in [-0.2, 0) is 11.2 Å². The average molecular weight is 263 g/mol. The van der Waals surface area contributed by atoms with Crippen molar-refractivity contribution in [2.45, 2.75) is 12.5 Å². The van der Waals surface area contributed by atoms with Crippen molar-refractivity contribution in [1.29, 1.82) is 0 Å². The highest BCUT2D eigenvalue weighted by molar-refractivity contribution is 5.54. The normalized spacial score (nSPS) is 19.5. The number of morpholine rings is 1. The van der Waals surface area contributed by atoms with Gasteiger partial charge in [0.25, 0.3) is 0 Å². The summed E-state index contributed by atoms with van der Waals surface area (Å²) < 4.78 is 24.3. The van der Waals surface area contributed by atoms with Crippen molar-refractivity contribution in [3.63, 3.8) is 0 Å². The Kier molecular flexibility index (Phi) is 3.52. The van der Waals surface area contributed by atoms with E-state index in [2.05, 4.69) is 15.5 Å². The number of hydrogen-bond acceptors (Lipinski definition) is 5. The summed E-state index contributed by atoms with van der Waals surface area (Å²) in [5.74, 6) is 0.384. The zero-order valence-corrected chi connectivity index (χ0v) is 10.3. The summed E-state index contributed by atoms with van der Waals surface area (Å²) in [4.78, 5) is 4.21. The van der Waals surface area contributed by atoms with Gasteiger partial charge < -0.3 is 14.6 Å². The van der Waals surface area contributed by atoms with Crippen LogP contribution in [0.1, 0.15) is 5.89 Å². The summed E-state index contributed by atoms with van der Waals surface area (Å²) in [6, 6.07) is 6.37. The van der Waals surface area contributed by atoms with Crippen LogP contribution < -0.4 is 5.32 Å². The van der Waals surface area contributed by atoms with Crippen molar-refractivity contribution in [1.82, 2.24) is 15.5 Å². The molecule has 2 aromatic rings. The Morgan fingerprint density at radius 1 is 1.37 bits per heavy atom. The van der Waals surface area contributed by atoms with Gasteiger partial charge in [0, 0.05) is 13.1 Å². The van der Waals surface area contributed by atoms with E-state index in [-0.39, 0.29) is 17.7 Å². The number of benzene rings is 1. The number of ether oxygens (including phenoxy) is 1. The molecule has 1 N–H and O–H groups in total. The maximum Gasteiger partial charge on any atom is 0.229 e. The van der Waals surface area contributed by atoms with E-state index in [1.54, 1.807) is 18.2 Å². The highest BCUT2D eigenvalue weighted by Crippen LogP contribution is 2.19. The van der Waals surface area contributed by atoms with E-state index in [0.717, 1.165) is 13.1 Å². The molecule has 19 heavy (non-hydrogen) atoms. The Morgan fingerprint density at radius 3 is 3.05 bits per heavy atom. The summed E-state index contributed by atoms with van der Waals surface area (Å²) in [6.45, 7) is 2.30. The van der Waals surface area contributed by atoms with E-state index in [0.29, 0.717) is 24.5 Å². The fourth-order valence-electron chi connectivity index (χ4n) is 2.04. The van der Waals surface area contributed by atoms with Crippen LogP contribution in [0.2, 0.25) is 0 Å². The second-order valence-corrected chi connectivity index (χ2v) is 4.39. The summed E-state index contributed by atoms with van der Waals surface area (Å²) in [5.41, 5.74) is 0.347. The standard InChI is InChI=1S/C13H14FN3O2/c14-11-4-2-1-3-10(11)13-16-12(19-17-13)7-9-8-15-5-6-18-9/h1-4,9,15H,5-8H2. The minimum Gasteiger partial charge on any atom is -0.375 e. The summed E-state index contributed by atoms with van der Waals surface area (Å²) >= 11 is 0. The number of nitrogens with one attached hydrogen (secondary N) is 1. The van der Waals surface area contributed by atoms with Gasteiger partial charge in [0.2, 0.25) is 11.7 Å². The van der Waals surface area contributed by atoms with Crippen LogP contribution in [0.4, 0.5) is 4.39 Å². The van der Waals surface area contributed by atoms with Gasteiger partial charge >= 0.3 is 0 Å². The Bertz CT molecular complexity index is 552. The van der Waals surface area contributed by atoms with E-state index in [9.17, 15) is 4.39 Å². The zero-order chi connectivity index (χ0) is 13.1. The molecule has 1 aromatic heterocycles. The van der Waals surface area contributed by atoms with Crippen LogP contribution in [0.25, 0.3) is 11.4 Å². The number of nitrogens with zero attached hydrogens (tertiary/aromatic N) is 2. The first-order chi connectivity index (χ1) is 9.33. The van der Waals surface area contributed by atoms with E-state index in [4.69, 9.17) is 9.26 Å². The van der Waals surface area contributed by atoms with Gasteiger partial charge in [-0.15, -0.1) is 0 Å². The molecule has 1 fully saturated rings. The van der Waals surface area contributed by atoms with E-state index in [1.165, 1.54) is 6.07 Å². The summed E-state index contributed by atoms with van der Waals surface area (Å²) in [6.07, 6.45) is 0.566. The van der Waals surface area contributed by atoms with Gasteiger partial charge in [-0.2, -0.15) is 4.98 Å². The highest BCUT2D eigenvalue weighted by Gasteiger charge is 2.19.